The van der Waals surface area contributed by atoms with E-state index in [1.165, 1.54) is 12.1 Å². The number of thiazole rings is 1. The number of carboxylic acid groups (broad SMARTS) is 1. The third-order valence-corrected chi connectivity index (χ3v) is 3.55. The Morgan fingerprint density at radius 2 is 2.37 bits per heavy atom. The van der Waals surface area contributed by atoms with Crippen LogP contribution in [-0.2, 0) is 6.54 Å². The smallest absolute Gasteiger partial charge is 0.365 e. The molecule has 0 amide bonds. The molecule has 0 saturated carbocycles. The molecule has 0 aliphatic carbocycles. The zero-order valence-corrected chi connectivity index (χ0v) is 11.1. The number of aromatic nitrogens is 1. The summed E-state index contributed by atoms with van der Waals surface area (Å²) in [5.41, 5.74) is 1.51. The van der Waals surface area contributed by atoms with Gasteiger partial charge in [-0.1, -0.05) is 12.1 Å². The molecule has 100 valence electrons. The SMILES string of the molecule is C[C@H](NCc1csc(C(=O)O)n1)c1cccc(F)c1. The number of benzene rings is 1. The lowest BCUT2D eigenvalue weighted by Crippen LogP contribution is -2.18. The molecule has 0 saturated heterocycles. The van der Waals surface area contributed by atoms with Crippen LogP contribution in [0.2, 0.25) is 0 Å². The zero-order chi connectivity index (χ0) is 13.8. The average Bonchev–Trinajstić information content (AvgIpc) is 2.85. The Hall–Kier alpha value is -1.79. The Morgan fingerprint density at radius 1 is 1.58 bits per heavy atom. The molecule has 0 bridgehead atoms. The van der Waals surface area contributed by atoms with Gasteiger partial charge in [-0.15, -0.1) is 11.3 Å². The van der Waals surface area contributed by atoms with Gasteiger partial charge in [-0.2, -0.15) is 0 Å². The molecule has 0 aliphatic rings. The standard InChI is InChI=1S/C13H13FN2O2S/c1-8(9-3-2-4-10(14)5-9)15-6-11-7-19-12(16-11)13(17)18/h2-5,7-8,15H,6H2,1H3,(H,17,18)/t8-/m0/s1. The predicted octanol–water partition coefficient (Wildman–Crippen LogP) is 2.83. The maximum Gasteiger partial charge on any atom is 0.365 e. The van der Waals surface area contributed by atoms with E-state index in [2.05, 4.69) is 10.3 Å². The van der Waals surface area contributed by atoms with Crippen molar-refractivity contribution in [1.82, 2.24) is 10.3 Å². The molecule has 0 spiro atoms. The average molecular weight is 280 g/mol. The minimum Gasteiger partial charge on any atom is -0.476 e. The van der Waals surface area contributed by atoms with Gasteiger partial charge in [0.2, 0.25) is 5.01 Å². The maximum atomic E-state index is 13.1. The molecule has 1 aromatic carbocycles. The van der Waals surface area contributed by atoms with Crippen molar-refractivity contribution in [2.75, 3.05) is 0 Å². The molecule has 19 heavy (non-hydrogen) atoms. The first-order valence-electron chi connectivity index (χ1n) is 5.73. The summed E-state index contributed by atoms with van der Waals surface area (Å²) in [4.78, 5) is 14.7. The van der Waals surface area contributed by atoms with Gasteiger partial charge in [0, 0.05) is 18.0 Å². The Morgan fingerprint density at radius 3 is 3.00 bits per heavy atom. The Balaban J connectivity index is 1.96. The van der Waals surface area contributed by atoms with Crippen LogP contribution in [0.5, 0.6) is 0 Å². The van der Waals surface area contributed by atoms with Crippen molar-refractivity contribution in [2.45, 2.75) is 19.5 Å². The fraction of sp³-hybridized carbons (Fsp3) is 0.231. The van der Waals surface area contributed by atoms with Crippen LogP contribution in [-0.4, -0.2) is 16.1 Å². The summed E-state index contributed by atoms with van der Waals surface area (Å²) in [6, 6.07) is 6.33. The number of hydrogen-bond acceptors (Lipinski definition) is 4. The van der Waals surface area contributed by atoms with Crippen LogP contribution in [0.1, 0.15) is 34.0 Å². The van der Waals surface area contributed by atoms with Crippen molar-refractivity contribution in [3.05, 3.63) is 51.7 Å². The zero-order valence-electron chi connectivity index (χ0n) is 10.3. The monoisotopic (exact) mass is 280 g/mol. The van der Waals surface area contributed by atoms with Crippen LogP contribution < -0.4 is 5.32 Å². The van der Waals surface area contributed by atoms with Crippen molar-refractivity contribution in [1.29, 1.82) is 0 Å². The van der Waals surface area contributed by atoms with E-state index in [9.17, 15) is 9.18 Å². The first kappa shape index (κ1) is 13.6. The number of nitrogens with zero attached hydrogens (tertiary/aromatic N) is 1. The van der Waals surface area contributed by atoms with Gasteiger partial charge >= 0.3 is 5.97 Å². The molecule has 1 aromatic heterocycles. The lowest BCUT2D eigenvalue weighted by Gasteiger charge is -2.13. The molecule has 2 rings (SSSR count). The summed E-state index contributed by atoms with van der Waals surface area (Å²) in [7, 11) is 0. The number of halogens is 1. The number of rotatable bonds is 5. The van der Waals surface area contributed by atoms with E-state index < -0.39 is 5.97 Å². The highest BCUT2D eigenvalue weighted by Gasteiger charge is 2.10. The van der Waals surface area contributed by atoms with E-state index in [-0.39, 0.29) is 16.9 Å². The third-order valence-electron chi connectivity index (χ3n) is 2.67. The molecule has 2 N–H and O–H groups in total. The van der Waals surface area contributed by atoms with E-state index >= 15 is 0 Å². The summed E-state index contributed by atoms with van der Waals surface area (Å²) in [5.74, 6) is -1.29. The Bertz CT molecular complexity index is 586. The second-order valence-electron chi connectivity index (χ2n) is 4.11. The fourth-order valence-corrected chi connectivity index (χ4v) is 2.29. The van der Waals surface area contributed by atoms with Crippen molar-refractivity contribution < 1.29 is 14.3 Å². The molecule has 0 radical (unpaired) electrons. The van der Waals surface area contributed by atoms with Gasteiger partial charge in [-0.25, -0.2) is 14.2 Å². The van der Waals surface area contributed by atoms with Crippen LogP contribution in [0.3, 0.4) is 0 Å². The van der Waals surface area contributed by atoms with Gasteiger partial charge in [-0.3, -0.25) is 0 Å². The second-order valence-corrected chi connectivity index (χ2v) is 4.96. The van der Waals surface area contributed by atoms with Gasteiger partial charge in [0.1, 0.15) is 5.82 Å². The summed E-state index contributed by atoms with van der Waals surface area (Å²) in [5, 5.41) is 13.7. The molecule has 6 heteroatoms. The lowest BCUT2D eigenvalue weighted by molar-refractivity contribution is 0.0696. The summed E-state index contributed by atoms with van der Waals surface area (Å²) >= 11 is 1.10. The van der Waals surface area contributed by atoms with Crippen LogP contribution in [0, 0.1) is 5.82 Å². The number of carboxylic acids is 1. The van der Waals surface area contributed by atoms with E-state index in [1.807, 2.05) is 13.0 Å². The number of nitrogens with one attached hydrogen (secondary N) is 1. The highest BCUT2D eigenvalue weighted by atomic mass is 32.1. The van der Waals surface area contributed by atoms with Crippen molar-refractivity contribution >= 4 is 17.3 Å². The Kier molecular flexibility index (Phi) is 4.24. The van der Waals surface area contributed by atoms with Crippen LogP contribution in [0.4, 0.5) is 4.39 Å². The van der Waals surface area contributed by atoms with Gasteiger partial charge in [-0.05, 0) is 24.6 Å². The Labute approximate surface area is 113 Å². The maximum absolute atomic E-state index is 13.1. The number of aromatic carboxylic acids is 1. The van der Waals surface area contributed by atoms with E-state index in [4.69, 9.17) is 5.11 Å². The molecule has 2 aromatic rings. The van der Waals surface area contributed by atoms with Gasteiger partial charge in [0.05, 0.1) is 5.69 Å². The minimum atomic E-state index is -1.02. The minimum absolute atomic E-state index is 0.0364. The van der Waals surface area contributed by atoms with Crippen LogP contribution >= 0.6 is 11.3 Å². The normalized spacial score (nSPS) is 12.3. The topological polar surface area (TPSA) is 62.2 Å². The molecule has 0 unspecified atom stereocenters. The quantitative estimate of drug-likeness (QED) is 0.884. The third kappa shape index (κ3) is 3.59. The van der Waals surface area contributed by atoms with E-state index in [0.717, 1.165) is 16.9 Å². The fourth-order valence-electron chi connectivity index (χ4n) is 1.64. The number of hydrogen-bond donors (Lipinski definition) is 2. The van der Waals surface area contributed by atoms with Crippen molar-refractivity contribution in [3.63, 3.8) is 0 Å². The molecule has 4 nitrogen and oxygen atoms in total. The van der Waals surface area contributed by atoms with E-state index in [0.29, 0.717) is 12.2 Å². The molecule has 0 fully saturated rings. The molecular formula is C13H13FN2O2S. The molecule has 1 atom stereocenters. The molecule has 1 heterocycles. The van der Waals surface area contributed by atoms with Gasteiger partial charge < -0.3 is 10.4 Å². The lowest BCUT2D eigenvalue weighted by atomic mass is 10.1. The van der Waals surface area contributed by atoms with Crippen LogP contribution in [0.25, 0.3) is 0 Å². The first-order valence-corrected chi connectivity index (χ1v) is 6.61. The van der Waals surface area contributed by atoms with Gasteiger partial charge in [0.25, 0.3) is 0 Å². The summed E-state index contributed by atoms with van der Waals surface area (Å²) in [6.07, 6.45) is 0. The summed E-state index contributed by atoms with van der Waals surface area (Å²) in [6.45, 7) is 2.36. The van der Waals surface area contributed by atoms with Crippen molar-refractivity contribution in [2.24, 2.45) is 0 Å². The first-order chi connectivity index (χ1) is 9.06. The number of carbonyl (C=O) groups is 1. The highest BCUT2D eigenvalue weighted by Crippen LogP contribution is 2.15. The molecule has 0 aliphatic heterocycles. The summed E-state index contributed by atoms with van der Waals surface area (Å²) < 4.78 is 13.1. The largest absolute Gasteiger partial charge is 0.476 e. The van der Waals surface area contributed by atoms with E-state index in [1.54, 1.807) is 11.4 Å². The predicted molar refractivity (Wildman–Crippen MR) is 70.7 cm³/mol. The highest BCUT2D eigenvalue weighted by molar-refractivity contribution is 7.11. The second kappa shape index (κ2) is 5.90. The van der Waals surface area contributed by atoms with Crippen LogP contribution in [0.15, 0.2) is 29.6 Å². The molecular weight excluding hydrogens is 267 g/mol. The van der Waals surface area contributed by atoms with Gasteiger partial charge in [0.15, 0.2) is 0 Å². The van der Waals surface area contributed by atoms with Crippen molar-refractivity contribution in [3.8, 4) is 0 Å².